The molecule has 4 nitrogen and oxygen atoms in total. The molecule has 5 rings (SSSR count). The van der Waals surface area contributed by atoms with Crippen LogP contribution in [-0.2, 0) is 6.54 Å². The van der Waals surface area contributed by atoms with Crippen LogP contribution in [0.1, 0.15) is 37.7 Å². The number of hydrogen-bond donors (Lipinski definition) is 1. The molecular formula is C27H26N4. The van der Waals surface area contributed by atoms with Gasteiger partial charge in [0.15, 0.2) is 0 Å². The van der Waals surface area contributed by atoms with Gasteiger partial charge in [-0.15, -0.1) is 0 Å². The lowest BCUT2D eigenvalue weighted by atomic mass is 9.89. The predicted molar refractivity (Wildman–Crippen MR) is 126 cm³/mol. The van der Waals surface area contributed by atoms with Crippen molar-refractivity contribution in [3.63, 3.8) is 0 Å². The number of hydrogen-bond acceptors (Lipinski definition) is 3. The highest BCUT2D eigenvalue weighted by molar-refractivity contribution is 6.01. The van der Waals surface area contributed by atoms with Crippen LogP contribution in [-0.4, -0.2) is 9.55 Å². The second-order valence-electron chi connectivity index (χ2n) is 8.56. The first-order valence-corrected chi connectivity index (χ1v) is 11.1. The van der Waals surface area contributed by atoms with Crippen molar-refractivity contribution in [1.82, 2.24) is 9.55 Å². The van der Waals surface area contributed by atoms with Crippen molar-refractivity contribution >= 4 is 16.6 Å². The first-order valence-electron chi connectivity index (χ1n) is 11.1. The van der Waals surface area contributed by atoms with Crippen molar-refractivity contribution < 1.29 is 0 Å². The molecule has 2 heterocycles. The van der Waals surface area contributed by atoms with Gasteiger partial charge in [-0.3, -0.25) is 4.98 Å². The zero-order chi connectivity index (χ0) is 21.2. The molecule has 1 aliphatic carbocycles. The van der Waals surface area contributed by atoms with Gasteiger partial charge in [-0.25, -0.2) is 0 Å². The maximum absolute atomic E-state index is 9.21. The molecule has 4 heteroatoms. The van der Waals surface area contributed by atoms with Gasteiger partial charge in [0.2, 0.25) is 0 Å². The van der Waals surface area contributed by atoms with Crippen LogP contribution in [0.4, 0.5) is 5.69 Å². The molecule has 154 valence electrons. The third kappa shape index (κ3) is 3.80. The van der Waals surface area contributed by atoms with E-state index in [1.54, 1.807) is 0 Å². The third-order valence-electron chi connectivity index (χ3n) is 6.50. The van der Waals surface area contributed by atoms with Crippen molar-refractivity contribution in [2.24, 2.45) is 5.92 Å². The van der Waals surface area contributed by atoms with Crippen molar-refractivity contribution in [2.45, 2.75) is 38.6 Å². The van der Waals surface area contributed by atoms with Crippen molar-refractivity contribution in [3.05, 3.63) is 72.6 Å². The second-order valence-corrected chi connectivity index (χ2v) is 8.56. The molecule has 0 saturated heterocycles. The smallest absolute Gasteiger partial charge is 0.0991 e. The Labute approximate surface area is 183 Å². The van der Waals surface area contributed by atoms with Gasteiger partial charge in [0.1, 0.15) is 0 Å². The van der Waals surface area contributed by atoms with Crippen molar-refractivity contribution in [2.75, 3.05) is 5.73 Å². The van der Waals surface area contributed by atoms with E-state index in [1.165, 1.54) is 43.0 Å². The number of rotatable bonds is 4. The second kappa shape index (κ2) is 8.28. The lowest BCUT2D eigenvalue weighted by Crippen LogP contribution is -2.13. The largest absolute Gasteiger partial charge is 0.399 e. The number of pyridine rings is 1. The first-order chi connectivity index (χ1) is 15.2. The molecule has 0 amide bonds. The molecule has 0 aliphatic heterocycles. The number of benzene rings is 2. The quantitative estimate of drug-likeness (QED) is 0.398. The Morgan fingerprint density at radius 2 is 1.65 bits per heavy atom. The molecule has 0 bridgehead atoms. The molecule has 0 unspecified atom stereocenters. The van der Waals surface area contributed by atoms with Crippen LogP contribution >= 0.6 is 0 Å². The van der Waals surface area contributed by atoms with E-state index in [4.69, 9.17) is 10.7 Å². The molecule has 31 heavy (non-hydrogen) atoms. The van der Waals surface area contributed by atoms with Crippen LogP contribution < -0.4 is 5.73 Å². The summed E-state index contributed by atoms with van der Waals surface area (Å²) in [5.41, 5.74) is 12.6. The third-order valence-corrected chi connectivity index (χ3v) is 6.50. The van der Waals surface area contributed by atoms with Crippen LogP contribution in [0.2, 0.25) is 0 Å². The van der Waals surface area contributed by atoms with Crippen molar-refractivity contribution in [1.29, 1.82) is 5.26 Å². The molecule has 2 N–H and O–H groups in total. The standard InChI is InChI=1S/C27H26N4/c28-16-19-6-8-21(9-7-19)26-24-14-15-31(18-20-4-2-1-3-5-20)25(24)17-30-27(26)22-10-12-23(29)13-11-22/h6-15,17,20H,1-5,18,29H2. The Hall–Kier alpha value is -3.58. The van der Waals surface area contributed by atoms with E-state index in [1.807, 2.05) is 54.7 Å². The van der Waals surface area contributed by atoms with Gasteiger partial charge >= 0.3 is 0 Å². The molecule has 4 aromatic rings. The number of nitriles is 1. The summed E-state index contributed by atoms with van der Waals surface area (Å²) in [6.45, 7) is 1.05. The Kier molecular flexibility index (Phi) is 5.18. The summed E-state index contributed by atoms with van der Waals surface area (Å²) in [6.07, 6.45) is 10.9. The molecule has 1 saturated carbocycles. The summed E-state index contributed by atoms with van der Waals surface area (Å²) in [5.74, 6) is 0.750. The predicted octanol–water partition coefficient (Wildman–Crippen LogP) is 6.40. The molecule has 0 radical (unpaired) electrons. The lowest BCUT2D eigenvalue weighted by Gasteiger charge is -2.22. The zero-order valence-corrected chi connectivity index (χ0v) is 17.6. The van der Waals surface area contributed by atoms with Gasteiger partial charge in [-0.05, 0) is 54.7 Å². The minimum absolute atomic E-state index is 0.660. The number of aromatic nitrogens is 2. The Morgan fingerprint density at radius 3 is 2.35 bits per heavy atom. The van der Waals surface area contributed by atoms with E-state index in [2.05, 4.69) is 22.9 Å². The van der Waals surface area contributed by atoms with E-state index in [0.29, 0.717) is 5.56 Å². The Balaban J connectivity index is 1.65. The number of nitrogens with zero attached hydrogens (tertiary/aromatic N) is 3. The van der Waals surface area contributed by atoms with Gasteiger partial charge in [-0.2, -0.15) is 5.26 Å². The maximum Gasteiger partial charge on any atom is 0.0991 e. The summed E-state index contributed by atoms with van der Waals surface area (Å²) >= 11 is 0. The molecule has 1 aliphatic rings. The van der Waals surface area contributed by atoms with Crippen molar-refractivity contribution in [3.8, 4) is 28.5 Å². The molecule has 0 spiro atoms. The van der Waals surface area contributed by atoms with Crippen LogP contribution in [0.15, 0.2) is 67.0 Å². The Bertz CT molecular complexity index is 1240. The summed E-state index contributed by atoms with van der Waals surface area (Å²) in [5, 5.41) is 10.4. The van der Waals surface area contributed by atoms with Gasteiger partial charge in [0.05, 0.1) is 29.0 Å². The van der Waals surface area contributed by atoms with E-state index in [0.717, 1.165) is 40.5 Å². The van der Waals surface area contributed by atoms with Crippen LogP contribution in [0, 0.1) is 17.2 Å². The van der Waals surface area contributed by atoms with Gasteiger partial charge in [-0.1, -0.05) is 43.5 Å². The highest BCUT2D eigenvalue weighted by Gasteiger charge is 2.18. The van der Waals surface area contributed by atoms with Crippen LogP contribution in [0.5, 0.6) is 0 Å². The summed E-state index contributed by atoms with van der Waals surface area (Å²) in [4.78, 5) is 4.93. The molecule has 2 aromatic carbocycles. The molecular weight excluding hydrogens is 380 g/mol. The summed E-state index contributed by atoms with van der Waals surface area (Å²) in [7, 11) is 0. The average Bonchev–Trinajstić information content (AvgIpc) is 3.22. The zero-order valence-electron chi connectivity index (χ0n) is 17.6. The monoisotopic (exact) mass is 406 g/mol. The maximum atomic E-state index is 9.21. The minimum atomic E-state index is 0.660. The number of fused-ring (bicyclic) bond motifs is 1. The average molecular weight is 407 g/mol. The summed E-state index contributed by atoms with van der Waals surface area (Å²) < 4.78 is 2.37. The first kappa shape index (κ1) is 19.4. The van der Waals surface area contributed by atoms with E-state index in [-0.39, 0.29) is 0 Å². The van der Waals surface area contributed by atoms with E-state index >= 15 is 0 Å². The summed E-state index contributed by atoms with van der Waals surface area (Å²) in [6, 6.07) is 20.1. The van der Waals surface area contributed by atoms with Crippen LogP contribution in [0.25, 0.3) is 33.3 Å². The fourth-order valence-corrected chi connectivity index (χ4v) is 4.83. The van der Waals surface area contributed by atoms with Gasteiger partial charge < -0.3 is 10.3 Å². The Morgan fingerprint density at radius 1 is 0.935 bits per heavy atom. The topological polar surface area (TPSA) is 67.6 Å². The molecule has 0 atom stereocenters. The molecule has 1 fully saturated rings. The van der Waals surface area contributed by atoms with E-state index < -0.39 is 0 Å². The fraction of sp³-hybridized carbons (Fsp3) is 0.259. The highest BCUT2D eigenvalue weighted by atomic mass is 15.0. The SMILES string of the molecule is N#Cc1ccc(-c2c(-c3ccc(N)cc3)ncc3c2ccn3CC2CCCCC2)cc1. The number of nitrogen functional groups attached to an aromatic ring is 1. The normalized spacial score (nSPS) is 14.5. The van der Waals surface area contributed by atoms with Gasteiger partial charge in [0.25, 0.3) is 0 Å². The van der Waals surface area contributed by atoms with Gasteiger partial charge in [0, 0.05) is 34.9 Å². The lowest BCUT2D eigenvalue weighted by molar-refractivity contribution is 0.322. The highest BCUT2D eigenvalue weighted by Crippen LogP contribution is 2.38. The number of nitrogens with two attached hydrogens (primary N) is 1. The van der Waals surface area contributed by atoms with Crippen LogP contribution in [0.3, 0.4) is 0 Å². The molecule has 2 aromatic heterocycles. The van der Waals surface area contributed by atoms with E-state index in [9.17, 15) is 5.26 Å². The minimum Gasteiger partial charge on any atom is -0.399 e. The fourth-order valence-electron chi connectivity index (χ4n) is 4.83. The number of anilines is 1.